The molecule has 6 nitrogen and oxygen atoms in total. The molecule has 0 unspecified atom stereocenters. The first-order valence-electron chi connectivity index (χ1n) is 6.46. The molecule has 0 heterocycles. The predicted octanol–water partition coefficient (Wildman–Crippen LogP) is 0.718. The minimum Gasteiger partial charge on any atom is -0.445 e. The van der Waals surface area contributed by atoms with Crippen LogP contribution in [-0.4, -0.2) is 43.1 Å². The van der Waals surface area contributed by atoms with Crippen LogP contribution in [0.5, 0.6) is 0 Å². The van der Waals surface area contributed by atoms with Gasteiger partial charge in [0.05, 0.1) is 6.04 Å². The van der Waals surface area contributed by atoms with Crippen LogP contribution < -0.4 is 11.1 Å². The molecule has 0 aliphatic carbocycles. The Hall–Kier alpha value is -2.08. The highest BCUT2D eigenvalue weighted by Crippen LogP contribution is 2.02. The third-order valence-electron chi connectivity index (χ3n) is 2.68. The summed E-state index contributed by atoms with van der Waals surface area (Å²) in [5.41, 5.74) is 6.34. The van der Waals surface area contributed by atoms with E-state index in [2.05, 4.69) is 5.32 Å². The molecule has 0 aromatic heterocycles. The lowest BCUT2D eigenvalue weighted by molar-refractivity contribution is -0.122. The van der Waals surface area contributed by atoms with Gasteiger partial charge in [0.15, 0.2) is 0 Å². The van der Waals surface area contributed by atoms with Crippen LogP contribution in [0.4, 0.5) is 4.79 Å². The average molecular weight is 279 g/mol. The molecule has 0 aliphatic rings. The monoisotopic (exact) mass is 279 g/mol. The molecule has 3 N–H and O–H groups in total. The summed E-state index contributed by atoms with van der Waals surface area (Å²) >= 11 is 0. The summed E-state index contributed by atoms with van der Waals surface area (Å²) in [5.74, 6) is -0.240. The summed E-state index contributed by atoms with van der Waals surface area (Å²) in [7, 11) is 1.62. The third-order valence-corrected chi connectivity index (χ3v) is 2.68. The summed E-state index contributed by atoms with van der Waals surface area (Å²) in [6.07, 6.45) is -0.427. The van der Waals surface area contributed by atoms with E-state index >= 15 is 0 Å². The number of amides is 2. The quantitative estimate of drug-likeness (QED) is 0.803. The lowest BCUT2D eigenvalue weighted by atomic mass is 10.2. The fourth-order valence-corrected chi connectivity index (χ4v) is 1.43. The van der Waals surface area contributed by atoms with Crippen molar-refractivity contribution in [2.45, 2.75) is 19.6 Å². The smallest absolute Gasteiger partial charge is 0.409 e. The van der Waals surface area contributed by atoms with Crippen LogP contribution in [0.3, 0.4) is 0 Å². The minimum absolute atomic E-state index is 0.232. The van der Waals surface area contributed by atoms with Gasteiger partial charge in [-0.15, -0.1) is 0 Å². The molecule has 1 rings (SSSR count). The highest BCUT2D eigenvalue weighted by molar-refractivity contribution is 5.80. The lowest BCUT2D eigenvalue weighted by Gasteiger charge is -2.17. The zero-order chi connectivity index (χ0) is 15.0. The number of nitrogens with zero attached hydrogens (tertiary/aromatic N) is 1. The van der Waals surface area contributed by atoms with Gasteiger partial charge in [-0.25, -0.2) is 4.79 Å². The molecule has 0 bridgehead atoms. The maximum Gasteiger partial charge on any atom is 0.409 e. The Morgan fingerprint density at radius 3 is 2.60 bits per heavy atom. The fraction of sp³-hybridized carbons (Fsp3) is 0.429. The molecule has 1 aromatic rings. The molecule has 2 amide bonds. The van der Waals surface area contributed by atoms with E-state index in [1.165, 1.54) is 4.90 Å². The first-order chi connectivity index (χ1) is 9.50. The summed E-state index contributed by atoms with van der Waals surface area (Å²) in [4.78, 5) is 24.3. The first kappa shape index (κ1) is 16.0. The highest BCUT2D eigenvalue weighted by Gasteiger charge is 2.11. The summed E-state index contributed by atoms with van der Waals surface area (Å²) in [6.45, 7) is 2.55. The van der Waals surface area contributed by atoms with Gasteiger partial charge < -0.3 is 20.7 Å². The van der Waals surface area contributed by atoms with Gasteiger partial charge in [0.25, 0.3) is 0 Å². The number of carbonyl (C=O) groups is 2. The van der Waals surface area contributed by atoms with Crippen molar-refractivity contribution < 1.29 is 14.3 Å². The topological polar surface area (TPSA) is 84.7 Å². The molecule has 0 radical (unpaired) electrons. The number of carbonyl (C=O) groups excluding carboxylic acids is 2. The Morgan fingerprint density at radius 2 is 2.00 bits per heavy atom. The number of hydrogen-bond acceptors (Lipinski definition) is 4. The number of rotatable bonds is 6. The fourth-order valence-electron chi connectivity index (χ4n) is 1.43. The number of nitrogens with one attached hydrogen (secondary N) is 1. The number of hydrogen-bond donors (Lipinski definition) is 2. The number of nitrogens with two attached hydrogens (primary N) is 1. The Bertz CT molecular complexity index is 435. The number of benzene rings is 1. The predicted molar refractivity (Wildman–Crippen MR) is 75.9 cm³/mol. The lowest BCUT2D eigenvalue weighted by Crippen LogP contribution is -2.42. The maximum absolute atomic E-state index is 11.7. The van der Waals surface area contributed by atoms with Gasteiger partial charge in [0, 0.05) is 20.1 Å². The zero-order valence-corrected chi connectivity index (χ0v) is 11.8. The van der Waals surface area contributed by atoms with Crippen molar-refractivity contribution in [3.05, 3.63) is 35.9 Å². The van der Waals surface area contributed by atoms with Gasteiger partial charge in [-0.1, -0.05) is 30.3 Å². The molecule has 0 fully saturated rings. The molecule has 1 aromatic carbocycles. The van der Waals surface area contributed by atoms with Gasteiger partial charge in [0.1, 0.15) is 6.61 Å². The standard InChI is InChI=1S/C14H21N3O3/c1-11(15)13(18)16-8-9-17(2)14(19)20-10-12-6-4-3-5-7-12/h3-7,11H,8-10,15H2,1-2H3,(H,16,18)/t11-/m0/s1. The molecule has 0 saturated carbocycles. The Labute approximate surface area is 118 Å². The van der Waals surface area contributed by atoms with Crippen LogP contribution in [0.25, 0.3) is 0 Å². The summed E-state index contributed by atoms with van der Waals surface area (Å²) in [6, 6.07) is 8.89. The average Bonchev–Trinajstić information content (AvgIpc) is 2.45. The van der Waals surface area contributed by atoms with E-state index in [0.717, 1.165) is 5.56 Å². The Kier molecular flexibility index (Phi) is 6.52. The second-order valence-electron chi connectivity index (χ2n) is 4.54. The second-order valence-corrected chi connectivity index (χ2v) is 4.54. The van der Waals surface area contributed by atoms with E-state index in [-0.39, 0.29) is 12.5 Å². The van der Waals surface area contributed by atoms with E-state index in [1.54, 1.807) is 14.0 Å². The van der Waals surface area contributed by atoms with Crippen LogP contribution >= 0.6 is 0 Å². The Morgan fingerprint density at radius 1 is 1.35 bits per heavy atom. The first-order valence-corrected chi connectivity index (χ1v) is 6.46. The van der Waals surface area contributed by atoms with Crippen molar-refractivity contribution in [1.29, 1.82) is 0 Å². The van der Waals surface area contributed by atoms with E-state index in [4.69, 9.17) is 10.5 Å². The van der Waals surface area contributed by atoms with Gasteiger partial charge in [0.2, 0.25) is 5.91 Å². The zero-order valence-electron chi connectivity index (χ0n) is 11.8. The van der Waals surface area contributed by atoms with Crippen LogP contribution in [0, 0.1) is 0 Å². The van der Waals surface area contributed by atoms with E-state index in [9.17, 15) is 9.59 Å². The van der Waals surface area contributed by atoms with Crippen molar-refractivity contribution in [3.8, 4) is 0 Å². The van der Waals surface area contributed by atoms with Gasteiger partial charge in [-0.3, -0.25) is 4.79 Å². The van der Waals surface area contributed by atoms with Gasteiger partial charge in [-0.05, 0) is 12.5 Å². The van der Waals surface area contributed by atoms with E-state index < -0.39 is 12.1 Å². The molecule has 20 heavy (non-hydrogen) atoms. The number of ether oxygens (including phenoxy) is 1. The molecule has 0 aliphatic heterocycles. The molecule has 6 heteroatoms. The molecular weight excluding hydrogens is 258 g/mol. The molecule has 0 spiro atoms. The summed E-state index contributed by atoms with van der Waals surface area (Å²) in [5, 5.41) is 2.63. The van der Waals surface area contributed by atoms with Crippen LogP contribution in [0.15, 0.2) is 30.3 Å². The van der Waals surface area contributed by atoms with E-state index in [0.29, 0.717) is 13.1 Å². The molecule has 0 saturated heterocycles. The van der Waals surface area contributed by atoms with E-state index in [1.807, 2.05) is 30.3 Å². The van der Waals surface area contributed by atoms with Crippen molar-refractivity contribution in [2.75, 3.05) is 20.1 Å². The highest BCUT2D eigenvalue weighted by atomic mass is 16.6. The van der Waals surface area contributed by atoms with Crippen molar-refractivity contribution in [2.24, 2.45) is 5.73 Å². The number of likely N-dealkylation sites (N-methyl/N-ethyl adjacent to an activating group) is 1. The van der Waals surface area contributed by atoms with Crippen molar-refractivity contribution in [1.82, 2.24) is 10.2 Å². The van der Waals surface area contributed by atoms with Crippen LogP contribution in [-0.2, 0) is 16.1 Å². The molecule has 1 atom stereocenters. The van der Waals surface area contributed by atoms with Crippen molar-refractivity contribution >= 4 is 12.0 Å². The SMILES string of the molecule is C[C@H](N)C(=O)NCCN(C)C(=O)OCc1ccccc1. The normalized spacial score (nSPS) is 11.6. The Balaban J connectivity index is 2.24. The molecular formula is C14H21N3O3. The minimum atomic E-state index is -0.551. The molecule has 110 valence electrons. The van der Waals surface area contributed by atoms with Crippen LogP contribution in [0.2, 0.25) is 0 Å². The second kappa shape index (κ2) is 8.16. The summed E-state index contributed by atoms with van der Waals surface area (Å²) < 4.78 is 5.14. The van der Waals surface area contributed by atoms with Crippen LogP contribution in [0.1, 0.15) is 12.5 Å². The largest absolute Gasteiger partial charge is 0.445 e. The maximum atomic E-state index is 11.7. The third kappa shape index (κ3) is 5.71. The van der Waals surface area contributed by atoms with Crippen molar-refractivity contribution in [3.63, 3.8) is 0 Å². The van der Waals surface area contributed by atoms with Gasteiger partial charge in [-0.2, -0.15) is 0 Å². The van der Waals surface area contributed by atoms with Gasteiger partial charge >= 0.3 is 6.09 Å².